The molecule has 0 unspecified atom stereocenters. The third-order valence-corrected chi connectivity index (χ3v) is 4.03. The highest BCUT2D eigenvalue weighted by atomic mass is 35.5. The van der Waals surface area contributed by atoms with Crippen molar-refractivity contribution >= 4 is 34.8 Å². The number of hydrogen-bond donors (Lipinski definition) is 2. The molecule has 2 rings (SSSR count). The maximum absolute atomic E-state index is 12.0. The van der Waals surface area contributed by atoms with E-state index in [1.165, 1.54) is 14.2 Å². The number of carbonyl (C=O) groups excluding carboxylic acids is 1. The van der Waals surface area contributed by atoms with Gasteiger partial charge in [0.25, 0.3) is 0 Å². The molecule has 0 aliphatic heterocycles. The SMILES string of the molecule is COc1cc(Cl)c(NCC(=O)NCc2ccccc2Cl)cc1OC. The largest absolute Gasteiger partial charge is 0.493 e. The second kappa shape index (κ2) is 8.66. The molecule has 2 aromatic carbocycles. The Morgan fingerprint density at radius 3 is 2.38 bits per heavy atom. The van der Waals surface area contributed by atoms with Crippen molar-refractivity contribution in [2.45, 2.75) is 6.54 Å². The number of halogens is 2. The number of carbonyl (C=O) groups is 1. The molecule has 0 fully saturated rings. The van der Waals surface area contributed by atoms with Crippen LogP contribution in [0.25, 0.3) is 0 Å². The molecule has 0 saturated heterocycles. The van der Waals surface area contributed by atoms with Gasteiger partial charge in [-0.05, 0) is 11.6 Å². The Morgan fingerprint density at radius 1 is 1.04 bits per heavy atom. The molecule has 0 heterocycles. The summed E-state index contributed by atoms with van der Waals surface area (Å²) in [6, 6.07) is 10.7. The van der Waals surface area contributed by atoms with Gasteiger partial charge in [0, 0.05) is 23.7 Å². The second-order valence-corrected chi connectivity index (χ2v) is 5.72. The van der Waals surface area contributed by atoms with E-state index in [1.54, 1.807) is 18.2 Å². The molecule has 0 saturated carbocycles. The molecule has 0 radical (unpaired) electrons. The summed E-state index contributed by atoms with van der Waals surface area (Å²) in [6.45, 7) is 0.430. The molecule has 24 heavy (non-hydrogen) atoms. The molecule has 1 amide bonds. The fourth-order valence-corrected chi connectivity index (χ4v) is 2.49. The number of ether oxygens (including phenoxy) is 2. The van der Waals surface area contributed by atoms with Crippen LogP contribution in [-0.2, 0) is 11.3 Å². The van der Waals surface area contributed by atoms with Crippen molar-refractivity contribution in [2.75, 3.05) is 26.1 Å². The Hall–Kier alpha value is -2.11. The summed E-state index contributed by atoms with van der Waals surface area (Å²) in [5.41, 5.74) is 1.44. The summed E-state index contributed by atoms with van der Waals surface area (Å²) in [5, 5.41) is 6.83. The molecular weight excluding hydrogens is 351 g/mol. The lowest BCUT2D eigenvalue weighted by molar-refractivity contribution is -0.119. The van der Waals surface area contributed by atoms with Crippen LogP contribution in [0.3, 0.4) is 0 Å². The zero-order valence-corrected chi connectivity index (χ0v) is 14.9. The summed E-state index contributed by atoms with van der Waals surface area (Å²) in [7, 11) is 3.06. The smallest absolute Gasteiger partial charge is 0.239 e. The van der Waals surface area contributed by atoms with E-state index in [2.05, 4.69) is 10.6 Å². The van der Waals surface area contributed by atoms with Gasteiger partial charge >= 0.3 is 0 Å². The minimum atomic E-state index is -0.180. The Kier molecular flexibility index (Phi) is 6.58. The van der Waals surface area contributed by atoms with Gasteiger partial charge in [0.2, 0.25) is 5.91 Å². The molecule has 0 bridgehead atoms. The van der Waals surface area contributed by atoms with E-state index in [0.717, 1.165) is 5.56 Å². The number of amides is 1. The number of benzene rings is 2. The number of hydrogen-bond acceptors (Lipinski definition) is 4. The lowest BCUT2D eigenvalue weighted by Gasteiger charge is -2.13. The van der Waals surface area contributed by atoms with E-state index >= 15 is 0 Å². The van der Waals surface area contributed by atoms with Gasteiger partial charge in [-0.3, -0.25) is 4.79 Å². The monoisotopic (exact) mass is 368 g/mol. The summed E-state index contributed by atoms with van der Waals surface area (Å²) in [6.07, 6.45) is 0. The molecule has 5 nitrogen and oxygen atoms in total. The maximum atomic E-state index is 12.0. The normalized spacial score (nSPS) is 10.2. The van der Waals surface area contributed by atoms with E-state index in [9.17, 15) is 4.79 Å². The summed E-state index contributed by atoms with van der Waals surface area (Å²) < 4.78 is 10.4. The van der Waals surface area contributed by atoms with Gasteiger partial charge in [0.05, 0.1) is 31.5 Å². The minimum absolute atomic E-state index is 0.0691. The van der Waals surface area contributed by atoms with Crippen LogP contribution in [0.4, 0.5) is 5.69 Å². The topological polar surface area (TPSA) is 59.6 Å². The van der Waals surface area contributed by atoms with Crippen molar-refractivity contribution in [3.63, 3.8) is 0 Å². The van der Waals surface area contributed by atoms with E-state index in [0.29, 0.717) is 33.8 Å². The van der Waals surface area contributed by atoms with Crippen molar-refractivity contribution in [3.8, 4) is 11.5 Å². The van der Waals surface area contributed by atoms with Crippen LogP contribution in [0.15, 0.2) is 36.4 Å². The molecule has 128 valence electrons. The Labute approximate surface area is 150 Å². The van der Waals surface area contributed by atoms with Gasteiger partial charge in [-0.15, -0.1) is 0 Å². The molecular formula is C17H18Cl2N2O3. The van der Waals surface area contributed by atoms with Crippen LogP contribution in [0.2, 0.25) is 10.0 Å². The van der Waals surface area contributed by atoms with Crippen molar-refractivity contribution in [1.29, 1.82) is 0 Å². The molecule has 0 aromatic heterocycles. The van der Waals surface area contributed by atoms with Gasteiger partial charge in [0.15, 0.2) is 11.5 Å². The van der Waals surface area contributed by atoms with Crippen LogP contribution < -0.4 is 20.1 Å². The van der Waals surface area contributed by atoms with E-state index in [1.807, 2.05) is 18.2 Å². The molecule has 2 aromatic rings. The maximum Gasteiger partial charge on any atom is 0.239 e. The second-order valence-electron chi connectivity index (χ2n) is 4.91. The lowest BCUT2D eigenvalue weighted by Crippen LogP contribution is -2.29. The van der Waals surface area contributed by atoms with Gasteiger partial charge in [-0.1, -0.05) is 41.4 Å². The number of methoxy groups -OCH3 is 2. The van der Waals surface area contributed by atoms with Gasteiger partial charge < -0.3 is 20.1 Å². The fraction of sp³-hybridized carbons (Fsp3) is 0.235. The highest BCUT2D eigenvalue weighted by Gasteiger charge is 2.11. The lowest BCUT2D eigenvalue weighted by atomic mass is 10.2. The van der Waals surface area contributed by atoms with Crippen LogP contribution in [0.5, 0.6) is 11.5 Å². The van der Waals surface area contributed by atoms with E-state index in [-0.39, 0.29) is 12.5 Å². The van der Waals surface area contributed by atoms with Crippen molar-refractivity contribution < 1.29 is 14.3 Å². The number of rotatable bonds is 7. The predicted octanol–water partition coefficient (Wildman–Crippen LogP) is 3.74. The van der Waals surface area contributed by atoms with Gasteiger partial charge in [-0.2, -0.15) is 0 Å². The molecule has 2 N–H and O–H groups in total. The highest BCUT2D eigenvalue weighted by Crippen LogP contribution is 2.35. The van der Waals surface area contributed by atoms with Crippen molar-refractivity contribution in [1.82, 2.24) is 5.32 Å². The van der Waals surface area contributed by atoms with E-state index in [4.69, 9.17) is 32.7 Å². The fourth-order valence-electron chi connectivity index (χ4n) is 2.06. The quantitative estimate of drug-likeness (QED) is 0.781. The Balaban J connectivity index is 1.93. The Bertz CT molecular complexity index is 723. The first-order chi connectivity index (χ1) is 11.5. The average Bonchev–Trinajstić information content (AvgIpc) is 2.59. The molecule has 7 heteroatoms. The van der Waals surface area contributed by atoms with Crippen molar-refractivity contribution in [2.24, 2.45) is 0 Å². The molecule has 0 atom stereocenters. The third-order valence-electron chi connectivity index (χ3n) is 3.35. The molecule has 0 aliphatic carbocycles. The van der Waals surface area contributed by atoms with Gasteiger partial charge in [0.1, 0.15) is 0 Å². The minimum Gasteiger partial charge on any atom is -0.493 e. The predicted molar refractivity (Wildman–Crippen MR) is 96.3 cm³/mol. The first-order valence-electron chi connectivity index (χ1n) is 7.20. The standard InChI is InChI=1S/C17H18Cl2N2O3/c1-23-15-7-13(19)14(8-16(15)24-2)20-10-17(22)21-9-11-5-3-4-6-12(11)18/h3-8,20H,9-10H2,1-2H3,(H,21,22). The van der Waals surface area contributed by atoms with Gasteiger partial charge in [-0.25, -0.2) is 0 Å². The first-order valence-corrected chi connectivity index (χ1v) is 7.96. The van der Waals surface area contributed by atoms with Crippen LogP contribution in [-0.4, -0.2) is 26.7 Å². The van der Waals surface area contributed by atoms with Crippen LogP contribution in [0.1, 0.15) is 5.56 Å². The number of anilines is 1. The van der Waals surface area contributed by atoms with E-state index < -0.39 is 0 Å². The molecule has 0 spiro atoms. The summed E-state index contributed by atoms with van der Waals surface area (Å²) in [4.78, 5) is 12.0. The van der Waals surface area contributed by atoms with Crippen molar-refractivity contribution in [3.05, 3.63) is 52.0 Å². The Morgan fingerprint density at radius 2 is 1.71 bits per heavy atom. The summed E-state index contributed by atoms with van der Waals surface area (Å²) in [5.74, 6) is 0.873. The average molecular weight is 369 g/mol. The highest BCUT2D eigenvalue weighted by molar-refractivity contribution is 6.33. The molecule has 0 aliphatic rings. The van der Waals surface area contributed by atoms with Crippen LogP contribution >= 0.6 is 23.2 Å². The first kappa shape index (κ1) is 18.2. The number of nitrogens with one attached hydrogen (secondary N) is 2. The third kappa shape index (κ3) is 4.69. The zero-order chi connectivity index (χ0) is 17.5. The summed E-state index contributed by atoms with van der Waals surface area (Å²) >= 11 is 12.2. The van der Waals surface area contributed by atoms with Crippen LogP contribution in [0, 0.1) is 0 Å². The zero-order valence-electron chi connectivity index (χ0n) is 13.4.